The third kappa shape index (κ3) is 5.77. The Balaban J connectivity index is 1.90. The van der Waals surface area contributed by atoms with Gasteiger partial charge in [0.1, 0.15) is 12.4 Å². The molecule has 0 radical (unpaired) electrons. The van der Waals surface area contributed by atoms with Gasteiger partial charge in [-0.15, -0.1) is 0 Å². The summed E-state index contributed by atoms with van der Waals surface area (Å²) in [6.07, 6.45) is 0. The number of carbonyl (C=O) groups is 2. The normalized spacial score (nSPS) is 10.2. The van der Waals surface area contributed by atoms with Crippen molar-refractivity contribution in [1.82, 2.24) is 10.9 Å². The maximum Gasteiger partial charge on any atom is 0.271 e. The summed E-state index contributed by atoms with van der Waals surface area (Å²) in [5, 5.41) is 0.305. The van der Waals surface area contributed by atoms with Crippen molar-refractivity contribution >= 4 is 23.4 Å². The summed E-state index contributed by atoms with van der Waals surface area (Å²) in [7, 11) is 0. The van der Waals surface area contributed by atoms with Crippen LogP contribution in [0.25, 0.3) is 0 Å². The van der Waals surface area contributed by atoms with E-state index in [-0.39, 0.29) is 5.56 Å². The molecule has 0 aliphatic rings. The average Bonchev–Trinajstić information content (AvgIpc) is 2.63. The minimum absolute atomic E-state index is 0.275. The van der Waals surface area contributed by atoms with Gasteiger partial charge in [-0.2, -0.15) is 0 Å². The SMILES string of the molecule is CCOCCOc1cccc(C(=O)NNC(=O)c2ccccc2Cl)c1. The van der Waals surface area contributed by atoms with Gasteiger partial charge in [-0.3, -0.25) is 20.4 Å². The number of carbonyl (C=O) groups excluding carboxylic acids is 2. The second-order valence-electron chi connectivity index (χ2n) is 4.96. The summed E-state index contributed by atoms with van der Waals surface area (Å²) in [6.45, 7) is 3.39. The highest BCUT2D eigenvalue weighted by atomic mass is 35.5. The van der Waals surface area contributed by atoms with Gasteiger partial charge in [0, 0.05) is 12.2 Å². The Morgan fingerprint density at radius 3 is 2.52 bits per heavy atom. The van der Waals surface area contributed by atoms with Gasteiger partial charge in [-0.1, -0.05) is 29.8 Å². The predicted molar refractivity (Wildman–Crippen MR) is 94.8 cm³/mol. The zero-order chi connectivity index (χ0) is 18.1. The second-order valence-corrected chi connectivity index (χ2v) is 5.37. The first-order valence-electron chi connectivity index (χ1n) is 7.77. The van der Waals surface area contributed by atoms with E-state index < -0.39 is 11.8 Å². The Labute approximate surface area is 151 Å². The zero-order valence-electron chi connectivity index (χ0n) is 13.8. The highest BCUT2D eigenvalue weighted by molar-refractivity contribution is 6.33. The number of hydrogen-bond donors (Lipinski definition) is 2. The molecule has 2 N–H and O–H groups in total. The molecule has 0 unspecified atom stereocenters. The van der Waals surface area contributed by atoms with E-state index in [1.54, 1.807) is 48.5 Å². The standard InChI is InChI=1S/C18H19ClN2O4/c1-2-24-10-11-25-14-7-5-6-13(12-14)17(22)20-21-18(23)15-8-3-4-9-16(15)19/h3-9,12H,2,10-11H2,1H3,(H,20,22)(H,21,23). The van der Waals surface area contributed by atoms with Crippen LogP contribution in [-0.2, 0) is 4.74 Å². The Morgan fingerprint density at radius 2 is 1.76 bits per heavy atom. The van der Waals surface area contributed by atoms with Crippen LogP contribution < -0.4 is 15.6 Å². The van der Waals surface area contributed by atoms with Crippen molar-refractivity contribution in [3.63, 3.8) is 0 Å². The van der Waals surface area contributed by atoms with Crippen LogP contribution in [0.5, 0.6) is 5.75 Å². The van der Waals surface area contributed by atoms with Crippen molar-refractivity contribution in [3.8, 4) is 5.75 Å². The average molecular weight is 363 g/mol. The maximum atomic E-state index is 12.2. The molecule has 0 heterocycles. The number of hydrazine groups is 1. The molecule has 0 spiro atoms. The number of ether oxygens (including phenoxy) is 2. The third-order valence-electron chi connectivity index (χ3n) is 3.20. The van der Waals surface area contributed by atoms with E-state index >= 15 is 0 Å². The first kappa shape index (κ1) is 18.8. The van der Waals surface area contributed by atoms with Crippen molar-refractivity contribution in [3.05, 3.63) is 64.7 Å². The number of amides is 2. The summed E-state index contributed by atoms with van der Waals surface area (Å²) in [4.78, 5) is 24.2. The van der Waals surface area contributed by atoms with Crippen LogP contribution >= 0.6 is 11.6 Å². The van der Waals surface area contributed by atoms with Crippen molar-refractivity contribution < 1.29 is 19.1 Å². The minimum Gasteiger partial charge on any atom is -0.491 e. The largest absolute Gasteiger partial charge is 0.491 e. The van der Waals surface area contributed by atoms with E-state index in [4.69, 9.17) is 21.1 Å². The van der Waals surface area contributed by atoms with Gasteiger partial charge in [-0.25, -0.2) is 0 Å². The summed E-state index contributed by atoms with van der Waals surface area (Å²) in [5.41, 5.74) is 5.31. The molecular weight excluding hydrogens is 344 g/mol. The van der Waals surface area contributed by atoms with Gasteiger partial charge in [0.2, 0.25) is 0 Å². The summed E-state index contributed by atoms with van der Waals surface area (Å²) < 4.78 is 10.7. The number of benzene rings is 2. The number of halogens is 1. The van der Waals surface area contributed by atoms with Crippen LogP contribution in [0.15, 0.2) is 48.5 Å². The third-order valence-corrected chi connectivity index (χ3v) is 3.53. The Kier molecular flexibility index (Phi) is 7.25. The molecule has 132 valence electrons. The molecule has 0 aliphatic carbocycles. The summed E-state index contributed by atoms with van der Waals surface area (Å²) in [6, 6.07) is 13.2. The Bertz CT molecular complexity index is 737. The summed E-state index contributed by atoms with van der Waals surface area (Å²) >= 11 is 5.94. The number of hydrogen-bond acceptors (Lipinski definition) is 4. The van der Waals surface area contributed by atoms with Gasteiger partial charge in [0.05, 0.1) is 17.2 Å². The Hall–Kier alpha value is -2.57. The fourth-order valence-corrected chi connectivity index (χ4v) is 2.21. The number of rotatable bonds is 7. The molecule has 0 fully saturated rings. The van der Waals surface area contributed by atoms with Crippen LogP contribution in [0.1, 0.15) is 27.6 Å². The minimum atomic E-state index is -0.497. The first-order valence-corrected chi connectivity index (χ1v) is 8.15. The first-order chi connectivity index (χ1) is 12.1. The molecule has 0 bridgehead atoms. The summed E-state index contributed by atoms with van der Waals surface area (Å²) in [5.74, 6) is -0.413. The van der Waals surface area contributed by atoms with Gasteiger partial charge in [0.25, 0.3) is 11.8 Å². The molecule has 7 heteroatoms. The highest BCUT2D eigenvalue weighted by Gasteiger charge is 2.12. The smallest absolute Gasteiger partial charge is 0.271 e. The molecule has 0 saturated carbocycles. The lowest BCUT2D eigenvalue weighted by Crippen LogP contribution is -2.41. The molecule has 0 aliphatic heterocycles. The molecule has 0 aromatic heterocycles. The molecular formula is C18H19ClN2O4. The Morgan fingerprint density at radius 1 is 1.00 bits per heavy atom. The molecule has 2 aromatic rings. The van der Waals surface area contributed by atoms with E-state index in [0.717, 1.165) is 0 Å². The quantitative estimate of drug-likeness (QED) is 0.586. The van der Waals surface area contributed by atoms with Gasteiger partial charge >= 0.3 is 0 Å². The van der Waals surface area contributed by atoms with Gasteiger partial charge in [-0.05, 0) is 37.3 Å². The van der Waals surface area contributed by atoms with Crippen LogP contribution in [0.2, 0.25) is 5.02 Å². The highest BCUT2D eigenvalue weighted by Crippen LogP contribution is 2.15. The number of nitrogens with one attached hydrogen (secondary N) is 2. The molecule has 2 aromatic carbocycles. The molecule has 0 saturated heterocycles. The molecule has 25 heavy (non-hydrogen) atoms. The van der Waals surface area contributed by atoms with Crippen molar-refractivity contribution in [1.29, 1.82) is 0 Å². The monoisotopic (exact) mass is 362 g/mol. The lowest BCUT2D eigenvalue weighted by molar-refractivity contribution is 0.0846. The van der Waals surface area contributed by atoms with Crippen molar-refractivity contribution in [2.45, 2.75) is 6.92 Å². The molecule has 2 rings (SSSR count). The van der Waals surface area contributed by atoms with E-state index in [9.17, 15) is 9.59 Å². The van der Waals surface area contributed by atoms with Crippen LogP contribution in [-0.4, -0.2) is 31.6 Å². The fraction of sp³-hybridized carbons (Fsp3) is 0.222. The van der Waals surface area contributed by atoms with Crippen LogP contribution in [0.3, 0.4) is 0 Å². The topological polar surface area (TPSA) is 76.7 Å². The van der Waals surface area contributed by atoms with E-state index in [1.807, 2.05) is 6.92 Å². The van der Waals surface area contributed by atoms with Crippen molar-refractivity contribution in [2.75, 3.05) is 19.8 Å². The second kappa shape index (κ2) is 9.66. The van der Waals surface area contributed by atoms with E-state index in [2.05, 4.69) is 10.9 Å². The zero-order valence-corrected chi connectivity index (χ0v) is 14.5. The van der Waals surface area contributed by atoms with E-state index in [0.29, 0.717) is 36.2 Å². The van der Waals surface area contributed by atoms with Gasteiger partial charge in [0.15, 0.2) is 0 Å². The van der Waals surface area contributed by atoms with Crippen LogP contribution in [0, 0.1) is 0 Å². The fourth-order valence-electron chi connectivity index (χ4n) is 1.99. The lowest BCUT2D eigenvalue weighted by Gasteiger charge is -2.10. The molecule has 2 amide bonds. The lowest BCUT2D eigenvalue weighted by atomic mass is 10.2. The van der Waals surface area contributed by atoms with Crippen LogP contribution in [0.4, 0.5) is 0 Å². The molecule has 6 nitrogen and oxygen atoms in total. The molecule has 0 atom stereocenters. The maximum absolute atomic E-state index is 12.2. The van der Waals surface area contributed by atoms with Gasteiger partial charge < -0.3 is 9.47 Å². The van der Waals surface area contributed by atoms with Crippen molar-refractivity contribution in [2.24, 2.45) is 0 Å². The predicted octanol–water partition coefficient (Wildman–Crippen LogP) is 2.83. The van der Waals surface area contributed by atoms with E-state index in [1.165, 1.54) is 0 Å².